The van der Waals surface area contributed by atoms with Gasteiger partial charge in [-0.3, -0.25) is 14.7 Å². The van der Waals surface area contributed by atoms with Crippen LogP contribution in [0.2, 0.25) is 5.02 Å². The van der Waals surface area contributed by atoms with Gasteiger partial charge in [0.25, 0.3) is 5.91 Å². The first-order valence-electron chi connectivity index (χ1n) is 7.24. The monoisotopic (exact) mass is 366 g/mol. The summed E-state index contributed by atoms with van der Waals surface area (Å²) in [6.45, 7) is 0.726. The van der Waals surface area contributed by atoms with Crippen LogP contribution in [0.1, 0.15) is 15.9 Å². The smallest absolute Gasteiger partial charge is 0.265 e. The van der Waals surface area contributed by atoms with Crippen LogP contribution in [0.5, 0.6) is 0 Å². The number of carbonyl (C=O) groups excluding carboxylic acids is 1. The first-order chi connectivity index (χ1) is 11.6. The highest BCUT2D eigenvalue weighted by Gasteiger charge is 2.29. The van der Waals surface area contributed by atoms with Gasteiger partial charge in [-0.25, -0.2) is 8.78 Å². The van der Waals surface area contributed by atoms with Gasteiger partial charge in [0.2, 0.25) is 0 Å². The third-order valence-corrected chi connectivity index (χ3v) is 4.80. The minimum Gasteiger partial charge on any atom is -0.285 e. The van der Waals surface area contributed by atoms with E-state index in [1.165, 1.54) is 22.7 Å². The molecule has 0 aromatic heterocycles. The van der Waals surface area contributed by atoms with Crippen LogP contribution in [0.15, 0.2) is 47.5 Å². The molecule has 0 saturated heterocycles. The van der Waals surface area contributed by atoms with E-state index < -0.39 is 23.1 Å². The summed E-state index contributed by atoms with van der Waals surface area (Å²) in [6, 6.07) is 10.7. The predicted molar refractivity (Wildman–Crippen MR) is 92.4 cm³/mol. The maximum absolute atomic E-state index is 13.8. The van der Waals surface area contributed by atoms with Crippen molar-refractivity contribution in [1.82, 2.24) is 4.90 Å². The van der Waals surface area contributed by atoms with Gasteiger partial charge >= 0.3 is 0 Å². The van der Waals surface area contributed by atoms with E-state index in [2.05, 4.69) is 4.99 Å². The molecule has 7 heteroatoms. The van der Waals surface area contributed by atoms with Crippen LogP contribution < -0.4 is 0 Å². The van der Waals surface area contributed by atoms with Gasteiger partial charge in [0.05, 0.1) is 6.54 Å². The molecule has 0 saturated carbocycles. The van der Waals surface area contributed by atoms with Gasteiger partial charge in [-0.15, -0.1) is 0 Å². The predicted octanol–water partition coefficient (Wildman–Crippen LogP) is 4.36. The topological polar surface area (TPSA) is 32.7 Å². The molecule has 0 atom stereocenters. The van der Waals surface area contributed by atoms with Gasteiger partial charge in [0.15, 0.2) is 5.17 Å². The van der Waals surface area contributed by atoms with Crippen LogP contribution in [0.3, 0.4) is 0 Å². The molecule has 1 aliphatic heterocycles. The largest absolute Gasteiger partial charge is 0.285 e. The van der Waals surface area contributed by atoms with Gasteiger partial charge in [-0.1, -0.05) is 41.6 Å². The maximum Gasteiger partial charge on any atom is 0.265 e. The molecule has 3 nitrogen and oxygen atoms in total. The summed E-state index contributed by atoms with van der Waals surface area (Å²) < 4.78 is 27.7. The number of carbonyl (C=O) groups is 1. The van der Waals surface area contributed by atoms with Crippen LogP contribution in [-0.2, 0) is 5.75 Å². The van der Waals surface area contributed by atoms with Crippen molar-refractivity contribution in [2.75, 3.05) is 13.1 Å². The number of aliphatic imine (C=N–C) groups is 1. The average Bonchev–Trinajstić information content (AvgIpc) is 3.01. The van der Waals surface area contributed by atoms with Gasteiger partial charge in [0, 0.05) is 17.3 Å². The van der Waals surface area contributed by atoms with Crippen molar-refractivity contribution < 1.29 is 13.6 Å². The normalized spacial score (nSPS) is 14.0. The van der Waals surface area contributed by atoms with Crippen LogP contribution >= 0.6 is 23.4 Å². The molecule has 0 fully saturated rings. The Morgan fingerprint density at radius 2 is 1.92 bits per heavy atom. The van der Waals surface area contributed by atoms with E-state index in [0.29, 0.717) is 29.0 Å². The van der Waals surface area contributed by atoms with Crippen molar-refractivity contribution in [3.63, 3.8) is 0 Å². The number of hydrogen-bond donors (Lipinski definition) is 0. The second-order valence-electron chi connectivity index (χ2n) is 5.14. The van der Waals surface area contributed by atoms with Crippen molar-refractivity contribution in [3.8, 4) is 0 Å². The average molecular weight is 367 g/mol. The minimum absolute atomic E-state index is 0.310. The molecule has 124 valence electrons. The second-order valence-corrected chi connectivity index (χ2v) is 6.52. The molecule has 2 aromatic rings. The van der Waals surface area contributed by atoms with Crippen molar-refractivity contribution in [3.05, 3.63) is 70.2 Å². The molecular formula is C17H13ClF2N2OS. The lowest BCUT2D eigenvalue weighted by molar-refractivity contribution is 0.0851. The fraction of sp³-hybridized carbons (Fsp3) is 0.176. The summed E-state index contributed by atoms with van der Waals surface area (Å²) in [4.78, 5) is 18.1. The van der Waals surface area contributed by atoms with Crippen LogP contribution in [-0.4, -0.2) is 29.1 Å². The quantitative estimate of drug-likeness (QED) is 0.808. The highest BCUT2D eigenvalue weighted by atomic mass is 35.5. The number of rotatable bonds is 3. The van der Waals surface area contributed by atoms with E-state index in [4.69, 9.17) is 11.6 Å². The molecular weight excluding hydrogens is 354 g/mol. The van der Waals surface area contributed by atoms with Crippen molar-refractivity contribution in [2.24, 2.45) is 4.99 Å². The number of halogens is 3. The summed E-state index contributed by atoms with van der Waals surface area (Å²) in [5.41, 5.74) is 0.432. The fourth-order valence-electron chi connectivity index (χ4n) is 2.35. The fourth-order valence-corrected chi connectivity index (χ4v) is 3.55. The lowest BCUT2D eigenvalue weighted by atomic mass is 10.1. The Morgan fingerprint density at radius 1 is 1.21 bits per heavy atom. The molecule has 3 rings (SSSR count). The van der Waals surface area contributed by atoms with E-state index in [1.54, 1.807) is 6.07 Å². The third kappa shape index (κ3) is 3.60. The van der Waals surface area contributed by atoms with Crippen LogP contribution in [0, 0.1) is 11.6 Å². The first-order valence-corrected chi connectivity index (χ1v) is 8.60. The molecule has 2 aromatic carbocycles. The van der Waals surface area contributed by atoms with E-state index in [9.17, 15) is 13.6 Å². The molecule has 0 N–H and O–H groups in total. The van der Waals surface area contributed by atoms with Gasteiger partial charge in [0.1, 0.15) is 17.2 Å². The summed E-state index contributed by atoms with van der Waals surface area (Å²) in [5.74, 6) is -1.89. The Morgan fingerprint density at radius 3 is 2.62 bits per heavy atom. The highest BCUT2D eigenvalue weighted by Crippen LogP contribution is 2.24. The van der Waals surface area contributed by atoms with Crippen molar-refractivity contribution >= 4 is 34.4 Å². The number of amides is 1. The van der Waals surface area contributed by atoms with E-state index in [-0.39, 0.29) is 0 Å². The Labute approximate surface area is 147 Å². The van der Waals surface area contributed by atoms with Crippen LogP contribution in [0.4, 0.5) is 8.78 Å². The molecule has 1 aliphatic rings. The summed E-state index contributed by atoms with van der Waals surface area (Å²) in [6.07, 6.45) is 0. The zero-order valence-electron chi connectivity index (χ0n) is 12.5. The van der Waals surface area contributed by atoms with E-state index in [0.717, 1.165) is 17.7 Å². The molecule has 0 bridgehead atoms. The van der Waals surface area contributed by atoms with Crippen molar-refractivity contribution in [2.45, 2.75) is 5.75 Å². The number of amidine groups is 1. The molecule has 1 amide bonds. The van der Waals surface area contributed by atoms with E-state index >= 15 is 0 Å². The molecule has 24 heavy (non-hydrogen) atoms. The Balaban J connectivity index is 1.74. The number of thioether (sulfide) groups is 1. The second kappa shape index (κ2) is 7.32. The summed E-state index contributed by atoms with van der Waals surface area (Å²) >= 11 is 7.29. The SMILES string of the molecule is O=C(c1c(F)cccc1F)N1CCN=C1SCc1cccc(Cl)c1. The summed E-state index contributed by atoms with van der Waals surface area (Å²) in [7, 11) is 0. The lowest BCUT2D eigenvalue weighted by Crippen LogP contribution is -2.34. The van der Waals surface area contributed by atoms with Gasteiger partial charge < -0.3 is 0 Å². The first kappa shape index (κ1) is 16.9. The van der Waals surface area contributed by atoms with Gasteiger partial charge in [-0.2, -0.15) is 0 Å². The number of hydrogen-bond acceptors (Lipinski definition) is 3. The van der Waals surface area contributed by atoms with Crippen molar-refractivity contribution in [1.29, 1.82) is 0 Å². The zero-order chi connectivity index (χ0) is 17.1. The number of benzene rings is 2. The lowest BCUT2D eigenvalue weighted by Gasteiger charge is -2.18. The standard InChI is InChI=1S/C17H13ClF2N2OS/c18-12-4-1-3-11(9-12)10-24-17-21-7-8-22(17)16(23)15-13(19)5-2-6-14(15)20/h1-6,9H,7-8,10H2. The van der Waals surface area contributed by atoms with E-state index in [1.807, 2.05) is 18.2 Å². The third-order valence-electron chi connectivity index (χ3n) is 3.48. The molecule has 0 spiro atoms. The van der Waals surface area contributed by atoms with Gasteiger partial charge in [-0.05, 0) is 29.8 Å². The number of nitrogens with zero attached hydrogens (tertiary/aromatic N) is 2. The highest BCUT2D eigenvalue weighted by molar-refractivity contribution is 8.13. The van der Waals surface area contributed by atoms with Crippen LogP contribution in [0.25, 0.3) is 0 Å². The maximum atomic E-state index is 13.8. The molecule has 0 radical (unpaired) electrons. The molecule has 1 heterocycles. The Bertz CT molecular complexity index is 793. The molecule has 0 aliphatic carbocycles. The Kier molecular flexibility index (Phi) is 5.16. The Hall–Kier alpha value is -1.92. The minimum atomic E-state index is -0.869. The molecule has 0 unspecified atom stereocenters. The zero-order valence-corrected chi connectivity index (χ0v) is 14.1. The summed E-state index contributed by atoms with van der Waals surface area (Å²) in [5, 5.41) is 1.09.